The zero-order valence-corrected chi connectivity index (χ0v) is 11.7. The zero-order chi connectivity index (χ0) is 14.7. The lowest BCUT2D eigenvalue weighted by atomic mass is 9.87. The van der Waals surface area contributed by atoms with Crippen LogP contribution in [0.25, 0.3) is 32.9 Å². The van der Waals surface area contributed by atoms with E-state index in [2.05, 4.69) is 23.2 Å². The molecule has 0 N–H and O–H groups in total. The smallest absolute Gasteiger partial charge is 0.125 e. The van der Waals surface area contributed by atoms with E-state index in [0.717, 1.165) is 28.4 Å². The molecule has 1 aliphatic rings. The van der Waals surface area contributed by atoms with Crippen molar-refractivity contribution in [2.45, 2.75) is 6.42 Å². The summed E-state index contributed by atoms with van der Waals surface area (Å²) in [5.74, 6) is -0.265. The Hall–Kier alpha value is -2.81. The number of nitrogens with zero attached hydrogens (tertiary/aromatic N) is 2. The molecule has 0 bridgehead atoms. The highest BCUT2D eigenvalue weighted by Crippen LogP contribution is 2.39. The maximum absolute atomic E-state index is 13.5. The molecule has 2 aromatic heterocycles. The minimum Gasteiger partial charge on any atom is -0.255 e. The number of rotatable bonds is 0. The molecule has 0 radical (unpaired) electrons. The van der Waals surface area contributed by atoms with Crippen molar-refractivity contribution >= 4 is 21.8 Å². The van der Waals surface area contributed by atoms with Gasteiger partial charge >= 0.3 is 0 Å². The lowest BCUT2D eigenvalue weighted by Gasteiger charge is -2.20. The molecule has 22 heavy (non-hydrogen) atoms. The van der Waals surface area contributed by atoms with Gasteiger partial charge in [-0.25, -0.2) is 4.39 Å². The molecule has 3 heteroatoms. The third kappa shape index (κ3) is 1.48. The van der Waals surface area contributed by atoms with Crippen LogP contribution in [0.2, 0.25) is 0 Å². The van der Waals surface area contributed by atoms with Gasteiger partial charge in [-0.05, 0) is 34.9 Å². The minimum atomic E-state index is -0.265. The quantitative estimate of drug-likeness (QED) is 0.392. The Balaban J connectivity index is 2.01. The molecule has 2 heterocycles. The van der Waals surface area contributed by atoms with Crippen LogP contribution >= 0.6 is 0 Å². The fraction of sp³-hybridized carbons (Fsp3) is 0.0526. The Kier molecular flexibility index (Phi) is 2.20. The first-order valence-electron chi connectivity index (χ1n) is 7.26. The van der Waals surface area contributed by atoms with Crippen molar-refractivity contribution in [3.63, 3.8) is 0 Å². The second-order valence-electron chi connectivity index (χ2n) is 5.64. The second kappa shape index (κ2) is 4.10. The van der Waals surface area contributed by atoms with Gasteiger partial charge < -0.3 is 0 Å². The number of aromatic nitrogens is 2. The molecule has 4 aromatic rings. The third-order valence-electron chi connectivity index (χ3n) is 4.38. The fourth-order valence-electron chi connectivity index (χ4n) is 3.43. The average Bonchev–Trinajstić information content (AvgIpc) is 2.55. The van der Waals surface area contributed by atoms with Crippen LogP contribution in [0.1, 0.15) is 11.3 Å². The van der Waals surface area contributed by atoms with Crippen LogP contribution in [0.4, 0.5) is 4.39 Å². The summed E-state index contributed by atoms with van der Waals surface area (Å²) in [6, 6.07) is 15.1. The van der Waals surface area contributed by atoms with E-state index in [1.54, 1.807) is 6.07 Å². The van der Waals surface area contributed by atoms with E-state index in [1.807, 2.05) is 18.3 Å². The van der Waals surface area contributed by atoms with Crippen molar-refractivity contribution in [3.05, 3.63) is 71.8 Å². The van der Waals surface area contributed by atoms with E-state index in [4.69, 9.17) is 4.98 Å². The van der Waals surface area contributed by atoms with Crippen molar-refractivity contribution < 1.29 is 4.39 Å². The average molecular weight is 286 g/mol. The molecule has 1 aliphatic carbocycles. The van der Waals surface area contributed by atoms with Crippen molar-refractivity contribution in [2.75, 3.05) is 0 Å². The number of hydrogen-bond donors (Lipinski definition) is 0. The van der Waals surface area contributed by atoms with Gasteiger partial charge in [0, 0.05) is 29.5 Å². The molecule has 0 amide bonds. The maximum Gasteiger partial charge on any atom is 0.125 e. The van der Waals surface area contributed by atoms with Gasteiger partial charge in [-0.15, -0.1) is 0 Å². The van der Waals surface area contributed by atoms with Crippen LogP contribution in [0.15, 0.2) is 54.7 Å². The SMILES string of the molecule is Fc1ccc2c(c1)nc1c3c(ccnc32)-c2ccccc2C1. The molecule has 2 nitrogen and oxygen atoms in total. The summed E-state index contributed by atoms with van der Waals surface area (Å²) in [5, 5.41) is 2.00. The van der Waals surface area contributed by atoms with Gasteiger partial charge in [0.25, 0.3) is 0 Å². The maximum atomic E-state index is 13.5. The molecular formula is C19H11FN2. The number of benzene rings is 2. The van der Waals surface area contributed by atoms with Crippen LogP contribution < -0.4 is 0 Å². The third-order valence-corrected chi connectivity index (χ3v) is 4.38. The lowest BCUT2D eigenvalue weighted by molar-refractivity contribution is 0.629. The normalized spacial score (nSPS) is 12.6. The Morgan fingerprint density at radius 3 is 2.82 bits per heavy atom. The predicted molar refractivity (Wildman–Crippen MR) is 85.2 cm³/mol. The summed E-state index contributed by atoms with van der Waals surface area (Å²) in [6.45, 7) is 0. The Bertz CT molecular complexity index is 1070. The summed E-state index contributed by atoms with van der Waals surface area (Å²) in [5.41, 5.74) is 6.23. The van der Waals surface area contributed by atoms with Crippen LogP contribution in [0.5, 0.6) is 0 Å². The molecule has 0 atom stereocenters. The molecule has 2 aromatic carbocycles. The van der Waals surface area contributed by atoms with E-state index in [9.17, 15) is 4.39 Å². The highest BCUT2D eigenvalue weighted by atomic mass is 19.1. The zero-order valence-electron chi connectivity index (χ0n) is 11.7. The van der Waals surface area contributed by atoms with E-state index in [1.165, 1.54) is 28.8 Å². The molecule has 104 valence electrons. The Morgan fingerprint density at radius 1 is 0.955 bits per heavy atom. The van der Waals surface area contributed by atoms with E-state index in [0.29, 0.717) is 5.52 Å². The fourth-order valence-corrected chi connectivity index (χ4v) is 3.43. The highest BCUT2D eigenvalue weighted by molar-refractivity contribution is 6.10. The van der Waals surface area contributed by atoms with Gasteiger partial charge in [0.2, 0.25) is 0 Å². The summed E-state index contributed by atoms with van der Waals surface area (Å²) in [4.78, 5) is 9.27. The standard InChI is InChI=1S/C19H11FN2/c20-12-5-6-15-16(10-12)22-17-9-11-3-1-2-4-13(11)14-7-8-21-19(15)18(14)17/h1-8,10H,9H2. The van der Waals surface area contributed by atoms with Crippen molar-refractivity contribution in [2.24, 2.45) is 0 Å². The van der Waals surface area contributed by atoms with Gasteiger partial charge in [-0.2, -0.15) is 0 Å². The Morgan fingerprint density at radius 2 is 1.86 bits per heavy atom. The molecule has 5 rings (SSSR count). The summed E-state index contributed by atoms with van der Waals surface area (Å²) >= 11 is 0. The van der Waals surface area contributed by atoms with Crippen molar-refractivity contribution in [3.8, 4) is 11.1 Å². The topological polar surface area (TPSA) is 25.8 Å². The van der Waals surface area contributed by atoms with Crippen LogP contribution in [-0.4, -0.2) is 9.97 Å². The van der Waals surface area contributed by atoms with E-state index < -0.39 is 0 Å². The molecule has 0 unspecified atom stereocenters. The van der Waals surface area contributed by atoms with E-state index in [-0.39, 0.29) is 5.82 Å². The molecule has 0 aliphatic heterocycles. The summed E-state index contributed by atoms with van der Waals surface area (Å²) in [7, 11) is 0. The molecule has 0 fully saturated rings. The first-order valence-corrected chi connectivity index (χ1v) is 7.26. The van der Waals surface area contributed by atoms with Gasteiger partial charge in [-0.1, -0.05) is 24.3 Å². The van der Waals surface area contributed by atoms with Gasteiger partial charge in [-0.3, -0.25) is 9.97 Å². The van der Waals surface area contributed by atoms with Gasteiger partial charge in [0.1, 0.15) is 5.82 Å². The molecule has 0 saturated carbocycles. The largest absolute Gasteiger partial charge is 0.255 e. The number of hydrogen-bond acceptors (Lipinski definition) is 2. The lowest BCUT2D eigenvalue weighted by Crippen LogP contribution is -2.04. The highest BCUT2D eigenvalue weighted by Gasteiger charge is 2.21. The van der Waals surface area contributed by atoms with Crippen LogP contribution in [0.3, 0.4) is 0 Å². The predicted octanol–water partition coefficient (Wildman–Crippen LogP) is 4.49. The van der Waals surface area contributed by atoms with Crippen LogP contribution in [0, 0.1) is 5.82 Å². The summed E-state index contributed by atoms with van der Waals surface area (Å²) in [6.07, 6.45) is 2.59. The monoisotopic (exact) mass is 286 g/mol. The minimum absolute atomic E-state index is 0.265. The molecule has 0 saturated heterocycles. The first-order chi connectivity index (χ1) is 10.8. The first kappa shape index (κ1) is 11.8. The number of pyridine rings is 2. The van der Waals surface area contributed by atoms with Gasteiger partial charge in [0.05, 0.1) is 16.7 Å². The van der Waals surface area contributed by atoms with Crippen molar-refractivity contribution in [1.82, 2.24) is 9.97 Å². The van der Waals surface area contributed by atoms with Crippen molar-refractivity contribution in [1.29, 1.82) is 0 Å². The second-order valence-corrected chi connectivity index (χ2v) is 5.64. The van der Waals surface area contributed by atoms with E-state index >= 15 is 0 Å². The Labute approximate surface area is 126 Å². The molecular weight excluding hydrogens is 275 g/mol. The summed E-state index contributed by atoms with van der Waals surface area (Å²) < 4.78 is 13.5. The molecule has 0 spiro atoms. The number of fused-ring (bicyclic) bond motifs is 4. The number of halogens is 1. The van der Waals surface area contributed by atoms with Gasteiger partial charge in [0.15, 0.2) is 0 Å². The van der Waals surface area contributed by atoms with Crippen LogP contribution in [-0.2, 0) is 6.42 Å².